The fourth-order valence-corrected chi connectivity index (χ4v) is 10.3. The summed E-state index contributed by atoms with van der Waals surface area (Å²) >= 11 is 6.25. The summed E-state index contributed by atoms with van der Waals surface area (Å²) < 4.78 is 52.3. The Hall–Kier alpha value is -6.48. The highest BCUT2D eigenvalue weighted by Crippen LogP contribution is 2.45. The number of amides is 3. The third-order valence-electron chi connectivity index (χ3n) is 12.8. The Morgan fingerprint density at radius 3 is 2.26 bits per heavy atom. The number of benzene rings is 3. The van der Waals surface area contributed by atoms with Gasteiger partial charge in [-0.25, -0.2) is 22.7 Å². The van der Waals surface area contributed by atoms with Crippen molar-refractivity contribution in [2.24, 2.45) is 16.9 Å². The molecule has 3 aliphatic rings. The molecule has 5 N–H and O–H groups in total. The largest absolute Gasteiger partial charge is 0.456 e. The van der Waals surface area contributed by atoms with Gasteiger partial charge in [0.15, 0.2) is 0 Å². The summed E-state index contributed by atoms with van der Waals surface area (Å²) in [7, 11) is -3.05. The van der Waals surface area contributed by atoms with Crippen molar-refractivity contribution < 1.29 is 46.7 Å². The van der Waals surface area contributed by atoms with Crippen molar-refractivity contribution >= 4 is 62.4 Å². The first-order valence-electron chi connectivity index (χ1n) is 22.9. The first kappa shape index (κ1) is 51.4. The fourth-order valence-electron chi connectivity index (χ4n) is 9.19. The van der Waals surface area contributed by atoms with Crippen LogP contribution in [-0.2, 0) is 20.2 Å². The Kier molecular flexibility index (Phi) is 15.3. The van der Waals surface area contributed by atoms with E-state index in [1.54, 1.807) is 44.9 Å². The van der Waals surface area contributed by atoms with Gasteiger partial charge in [-0.1, -0.05) is 63.9 Å². The summed E-state index contributed by atoms with van der Waals surface area (Å²) in [6.45, 7) is 14.2. The first-order chi connectivity index (χ1) is 33.0. The van der Waals surface area contributed by atoms with Gasteiger partial charge in [-0.3, -0.25) is 19.8 Å². The zero-order valence-corrected chi connectivity index (χ0v) is 41.7. The van der Waals surface area contributed by atoms with Crippen LogP contribution in [0.3, 0.4) is 0 Å². The van der Waals surface area contributed by atoms with Crippen molar-refractivity contribution in [3.8, 4) is 23.3 Å². The summed E-state index contributed by atoms with van der Waals surface area (Å²) in [5.74, 6) is -2.20. The molecule has 4 aromatic rings. The predicted octanol–water partition coefficient (Wildman–Crippen LogP) is 8.17. The van der Waals surface area contributed by atoms with Crippen LogP contribution in [0.15, 0.2) is 77.2 Å². The SMILES string of the molecule is CN(c1ccc(S(=O)(=O)NC(=O)c2ccc(N3CCN(CC4=C(c5ccc(Cl)cc5)CC(C)(C)CC4)CC3)cc2Oc2cc(OC(N)=O)nc(OC(N)=O)c2C(C)(C)C)cc1[N+](=O)[O-])C1CCOCC1. The molecule has 0 bridgehead atoms. The number of nitrogens with two attached hydrogens (primary N) is 2. The topological polar surface area (TPSA) is 252 Å². The van der Waals surface area contributed by atoms with Crippen LogP contribution in [0.1, 0.15) is 88.2 Å². The lowest BCUT2D eigenvalue weighted by molar-refractivity contribution is -0.384. The van der Waals surface area contributed by atoms with Gasteiger partial charge in [-0.05, 0) is 90.5 Å². The summed E-state index contributed by atoms with van der Waals surface area (Å²) in [6, 6.07) is 17.3. The molecular formula is C49H59ClN8O11S. The van der Waals surface area contributed by atoms with Gasteiger partial charge in [-0.2, -0.15) is 4.98 Å². The number of piperazine rings is 1. The number of aromatic nitrogens is 1. The average molecular weight is 1000 g/mol. The van der Waals surface area contributed by atoms with Crippen molar-refractivity contribution in [1.82, 2.24) is 14.6 Å². The number of anilines is 2. The lowest BCUT2D eigenvalue weighted by atomic mass is 9.72. The zero-order valence-electron chi connectivity index (χ0n) is 40.1. The van der Waals surface area contributed by atoms with Gasteiger partial charge in [0.2, 0.25) is 11.8 Å². The Balaban J connectivity index is 1.22. The van der Waals surface area contributed by atoms with Crippen molar-refractivity contribution in [2.75, 3.05) is 62.8 Å². The number of halogens is 1. The minimum absolute atomic E-state index is 0.0723. The maximum atomic E-state index is 14.3. The molecule has 0 spiro atoms. The molecule has 21 heteroatoms. The minimum atomic E-state index is -4.75. The molecule has 70 heavy (non-hydrogen) atoms. The highest BCUT2D eigenvalue weighted by atomic mass is 35.5. The van der Waals surface area contributed by atoms with Gasteiger partial charge in [0, 0.05) is 87.9 Å². The number of nitrogens with one attached hydrogen (secondary N) is 1. The molecular weight excluding hydrogens is 944 g/mol. The van der Waals surface area contributed by atoms with Crippen LogP contribution in [-0.4, -0.2) is 100 Å². The van der Waals surface area contributed by atoms with Crippen LogP contribution >= 0.6 is 11.6 Å². The van der Waals surface area contributed by atoms with Crippen LogP contribution in [0.5, 0.6) is 23.3 Å². The van der Waals surface area contributed by atoms with E-state index in [0.29, 0.717) is 62.9 Å². The Bertz CT molecular complexity index is 2800. The van der Waals surface area contributed by atoms with Gasteiger partial charge in [0.05, 0.1) is 20.9 Å². The number of ether oxygens (including phenoxy) is 4. The highest BCUT2D eigenvalue weighted by Gasteiger charge is 2.34. The molecule has 3 aromatic carbocycles. The molecule has 2 fully saturated rings. The summed E-state index contributed by atoms with van der Waals surface area (Å²) in [6.07, 6.45) is 1.78. The second kappa shape index (κ2) is 20.9. The monoisotopic (exact) mass is 1000 g/mol. The van der Waals surface area contributed by atoms with Crippen LogP contribution in [0.25, 0.3) is 5.57 Å². The van der Waals surface area contributed by atoms with E-state index in [0.717, 1.165) is 31.9 Å². The molecule has 3 heterocycles. The maximum Gasteiger partial charge on any atom is 0.411 e. The van der Waals surface area contributed by atoms with Crippen LogP contribution in [0.2, 0.25) is 5.02 Å². The van der Waals surface area contributed by atoms with Gasteiger partial charge in [0.25, 0.3) is 21.6 Å². The van der Waals surface area contributed by atoms with Crippen LogP contribution in [0, 0.1) is 15.5 Å². The van der Waals surface area contributed by atoms with E-state index >= 15 is 0 Å². The Labute approximate surface area is 412 Å². The van der Waals surface area contributed by atoms with Gasteiger partial charge in [-0.15, -0.1) is 0 Å². The quantitative estimate of drug-likeness (QED) is 0.0796. The molecule has 0 saturated carbocycles. The Morgan fingerprint density at radius 1 is 0.957 bits per heavy atom. The molecule has 2 saturated heterocycles. The van der Waals surface area contributed by atoms with E-state index in [9.17, 15) is 32.9 Å². The number of carbonyl (C=O) groups is 3. The molecule has 1 aromatic heterocycles. The fraction of sp³-hybridized carbons (Fsp3) is 0.429. The predicted molar refractivity (Wildman–Crippen MR) is 265 cm³/mol. The number of primary amides is 2. The number of allylic oxidation sites excluding steroid dienone is 1. The lowest BCUT2D eigenvalue weighted by Gasteiger charge is -2.39. The van der Waals surface area contributed by atoms with E-state index in [2.05, 4.69) is 45.5 Å². The van der Waals surface area contributed by atoms with E-state index in [-0.39, 0.29) is 45.7 Å². The number of sulfonamides is 1. The second-order valence-electron chi connectivity index (χ2n) is 19.5. The average Bonchev–Trinajstić information content (AvgIpc) is 3.28. The molecule has 19 nitrogen and oxygen atoms in total. The first-order valence-corrected chi connectivity index (χ1v) is 24.8. The number of hydrogen-bond acceptors (Lipinski definition) is 15. The number of pyridine rings is 1. The van der Waals surface area contributed by atoms with Gasteiger partial charge >= 0.3 is 12.2 Å². The Morgan fingerprint density at radius 2 is 1.63 bits per heavy atom. The van der Waals surface area contributed by atoms with Crippen LogP contribution in [0.4, 0.5) is 26.7 Å². The van der Waals surface area contributed by atoms with Crippen molar-refractivity contribution in [3.05, 3.63) is 104 Å². The number of carbonyl (C=O) groups excluding carboxylic acids is 3. The molecule has 3 amide bonds. The number of rotatable bonds is 14. The van der Waals surface area contributed by atoms with Crippen molar-refractivity contribution in [2.45, 2.75) is 83.1 Å². The van der Waals surface area contributed by atoms with Gasteiger partial charge in [0.1, 0.15) is 17.2 Å². The number of hydrogen-bond donors (Lipinski definition) is 3. The number of nitrogens with zero attached hydrogens (tertiary/aromatic N) is 5. The van der Waals surface area contributed by atoms with E-state index in [1.165, 1.54) is 41.0 Å². The van der Waals surface area contributed by atoms with Crippen LogP contribution < -0.4 is 40.2 Å². The molecule has 2 aliphatic heterocycles. The van der Waals surface area contributed by atoms with E-state index in [1.807, 2.05) is 12.1 Å². The normalized spacial score (nSPS) is 16.9. The summed E-state index contributed by atoms with van der Waals surface area (Å²) in [4.78, 5) is 59.9. The molecule has 1 aliphatic carbocycles. The summed E-state index contributed by atoms with van der Waals surface area (Å²) in [5.41, 5.74) is 14.2. The van der Waals surface area contributed by atoms with Crippen molar-refractivity contribution in [3.63, 3.8) is 0 Å². The number of nitro groups is 1. The zero-order chi connectivity index (χ0) is 50.7. The molecule has 7 rings (SSSR count). The smallest absolute Gasteiger partial charge is 0.411 e. The standard InChI is InChI=1S/C49H59ClN8O11S/c1-48(2,3)43-41(27-42(68-46(51)60)53-45(43)69-47(52)61)67-40-25-34(57-21-19-56(20-22-57)29-31-15-18-49(4,5)28-37(31)30-7-9-32(50)10-8-30)11-13-36(40)44(59)54-70(64,65)35-12-14-38(39(26-35)58(62)63)55(6)33-16-23-66-24-17-33/h7-14,25-27,33H,15-24,28-29H2,1-6H3,(H2,51,60)(H2,52,61)(H,54,59). The third-order valence-corrected chi connectivity index (χ3v) is 14.4. The highest BCUT2D eigenvalue weighted by molar-refractivity contribution is 7.90. The van der Waals surface area contributed by atoms with E-state index in [4.69, 9.17) is 42.0 Å². The molecule has 374 valence electrons. The van der Waals surface area contributed by atoms with E-state index < -0.39 is 54.9 Å². The third kappa shape index (κ3) is 12.3. The van der Waals surface area contributed by atoms with Gasteiger partial charge < -0.3 is 40.2 Å². The van der Waals surface area contributed by atoms with Crippen molar-refractivity contribution in [1.29, 1.82) is 0 Å². The summed E-state index contributed by atoms with van der Waals surface area (Å²) in [5, 5.41) is 13.0. The minimum Gasteiger partial charge on any atom is -0.456 e. The second-order valence-corrected chi connectivity index (χ2v) is 21.6. The molecule has 0 unspecified atom stereocenters. The molecule has 0 radical (unpaired) electrons. The maximum absolute atomic E-state index is 14.3. The number of nitro benzene ring substituents is 1. The lowest BCUT2D eigenvalue weighted by Crippen LogP contribution is -2.47. The molecule has 0 atom stereocenters.